The van der Waals surface area contributed by atoms with Crippen LogP contribution >= 0.6 is 0 Å². The van der Waals surface area contributed by atoms with Gasteiger partial charge in [0.2, 0.25) is 0 Å². The van der Waals surface area contributed by atoms with Crippen LogP contribution in [0.4, 0.5) is 0 Å². The van der Waals surface area contributed by atoms with E-state index >= 15 is 0 Å². The highest BCUT2D eigenvalue weighted by atomic mass is 16.5. The lowest BCUT2D eigenvalue weighted by molar-refractivity contribution is -0.686. The molecule has 2 aromatic carbocycles. The van der Waals surface area contributed by atoms with Crippen molar-refractivity contribution in [1.82, 2.24) is 0 Å². The lowest BCUT2D eigenvalue weighted by Gasteiger charge is -2.09. The molecule has 0 heterocycles. The molecular formula is C16H20NO2+. The summed E-state index contributed by atoms with van der Waals surface area (Å²) in [7, 11) is 3.38. The normalized spacial score (nSPS) is 10.2. The minimum Gasteiger partial charge on any atom is -0.497 e. The van der Waals surface area contributed by atoms with Gasteiger partial charge >= 0.3 is 0 Å². The van der Waals surface area contributed by atoms with E-state index in [2.05, 4.69) is 29.6 Å². The van der Waals surface area contributed by atoms with Crippen LogP contribution in [0.15, 0.2) is 48.5 Å². The van der Waals surface area contributed by atoms with E-state index < -0.39 is 0 Å². The predicted molar refractivity (Wildman–Crippen MR) is 75.3 cm³/mol. The molecule has 100 valence electrons. The molecule has 0 radical (unpaired) electrons. The van der Waals surface area contributed by atoms with Gasteiger partial charge in [-0.25, -0.2) is 0 Å². The first-order valence-electron chi connectivity index (χ1n) is 6.40. The lowest BCUT2D eigenvalue weighted by Crippen LogP contribution is -2.80. The molecule has 0 aromatic heterocycles. The van der Waals surface area contributed by atoms with E-state index in [1.165, 1.54) is 5.56 Å². The Hall–Kier alpha value is -2.00. The third-order valence-corrected chi connectivity index (χ3v) is 3.07. The van der Waals surface area contributed by atoms with Gasteiger partial charge in [0, 0.05) is 5.56 Å². The van der Waals surface area contributed by atoms with E-state index in [1.54, 1.807) is 14.2 Å². The number of hydrogen-bond acceptors (Lipinski definition) is 2. The van der Waals surface area contributed by atoms with Crippen LogP contribution in [0.2, 0.25) is 0 Å². The number of benzene rings is 2. The van der Waals surface area contributed by atoms with E-state index in [4.69, 9.17) is 9.47 Å². The van der Waals surface area contributed by atoms with Gasteiger partial charge in [0.15, 0.2) is 0 Å². The lowest BCUT2D eigenvalue weighted by atomic mass is 10.1. The molecule has 0 aliphatic heterocycles. The molecule has 0 spiro atoms. The van der Waals surface area contributed by atoms with E-state index in [0.29, 0.717) is 0 Å². The summed E-state index contributed by atoms with van der Waals surface area (Å²) in [6.45, 7) is 1.83. The first kappa shape index (κ1) is 13.4. The average Bonchev–Trinajstić information content (AvgIpc) is 2.48. The highest BCUT2D eigenvalue weighted by molar-refractivity contribution is 5.39. The Morgan fingerprint density at radius 2 is 1.68 bits per heavy atom. The van der Waals surface area contributed by atoms with Gasteiger partial charge in [-0.1, -0.05) is 30.3 Å². The van der Waals surface area contributed by atoms with Crippen LogP contribution in [0, 0.1) is 0 Å². The van der Waals surface area contributed by atoms with Gasteiger partial charge in [-0.05, 0) is 18.2 Å². The second-order valence-electron chi connectivity index (χ2n) is 4.36. The van der Waals surface area contributed by atoms with Gasteiger partial charge in [0.1, 0.15) is 24.6 Å². The molecule has 2 rings (SSSR count). The van der Waals surface area contributed by atoms with Crippen molar-refractivity contribution >= 4 is 0 Å². The fourth-order valence-electron chi connectivity index (χ4n) is 2.05. The van der Waals surface area contributed by atoms with Gasteiger partial charge < -0.3 is 14.8 Å². The predicted octanol–water partition coefficient (Wildman–Crippen LogP) is 1.97. The van der Waals surface area contributed by atoms with Gasteiger partial charge in [-0.15, -0.1) is 0 Å². The molecule has 2 aromatic rings. The van der Waals surface area contributed by atoms with Crippen molar-refractivity contribution in [3.63, 3.8) is 0 Å². The number of hydrogen-bond donors (Lipinski definition) is 1. The number of ether oxygens (including phenoxy) is 2. The van der Waals surface area contributed by atoms with Crippen LogP contribution in [-0.4, -0.2) is 14.2 Å². The molecule has 0 amide bonds. The molecule has 3 heteroatoms. The van der Waals surface area contributed by atoms with Crippen LogP contribution in [0.3, 0.4) is 0 Å². The maximum Gasteiger partial charge on any atom is 0.127 e. The van der Waals surface area contributed by atoms with Gasteiger partial charge in [-0.3, -0.25) is 0 Å². The quantitative estimate of drug-likeness (QED) is 0.859. The molecule has 0 bridgehead atoms. The Bertz CT molecular complexity index is 511. The Morgan fingerprint density at radius 1 is 0.895 bits per heavy atom. The molecule has 0 unspecified atom stereocenters. The number of quaternary nitrogens is 1. The van der Waals surface area contributed by atoms with E-state index in [1.807, 2.05) is 24.3 Å². The topological polar surface area (TPSA) is 35.1 Å². The Kier molecular flexibility index (Phi) is 4.81. The largest absolute Gasteiger partial charge is 0.497 e. The van der Waals surface area contributed by atoms with Crippen LogP contribution in [0.25, 0.3) is 0 Å². The first-order chi connectivity index (χ1) is 9.33. The smallest absolute Gasteiger partial charge is 0.127 e. The molecule has 0 aliphatic rings. The summed E-state index contributed by atoms with van der Waals surface area (Å²) in [6, 6.07) is 16.3. The van der Waals surface area contributed by atoms with Crippen molar-refractivity contribution in [3.05, 3.63) is 59.7 Å². The number of nitrogens with two attached hydrogens (primary N) is 1. The molecule has 2 N–H and O–H groups in total. The van der Waals surface area contributed by atoms with Gasteiger partial charge in [0.05, 0.1) is 19.8 Å². The van der Waals surface area contributed by atoms with Crippen molar-refractivity contribution in [2.24, 2.45) is 0 Å². The van der Waals surface area contributed by atoms with Crippen molar-refractivity contribution < 1.29 is 14.8 Å². The van der Waals surface area contributed by atoms with E-state index in [9.17, 15) is 0 Å². The summed E-state index contributed by atoms with van der Waals surface area (Å²) in [5.41, 5.74) is 2.47. The molecule has 0 saturated heterocycles. The fraction of sp³-hybridized carbons (Fsp3) is 0.250. The zero-order valence-electron chi connectivity index (χ0n) is 11.4. The average molecular weight is 258 g/mol. The van der Waals surface area contributed by atoms with Crippen LogP contribution in [-0.2, 0) is 13.1 Å². The highest BCUT2D eigenvalue weighted by Crippen LogP contribution is 2.22. The molecule has 3 nitrogen and oxygen atoms in total. The number of methoxy groups -OCH3 is 2. The van der Waals surface area contributed by atoms with Crippen molar-refractivity contribution in [2.75, 3.05) is 14.2 Å². The van der Waals surface area contributed by atoms with E-state index in [0.717, 1.165) is 30.2 Å². The summed E-state index contributed by atoms with van der Waals surface area (Å²) in [6.07, 6.45) is 0. The minimum absolute atomic E-state index is 0.865. The van der Waals surface area contributed by atoms with Crippen molar-refractivity contribution in [2.45, 2.75) is 13.1 Å². The van der Waals surface area contributed by atoms with Crippen molar-refractivity contribution in [1.29, 1.82) is 0 Å². The summed E-state index contributed by atoms with van der Waals surface area (Å²) in [4.78, 5) is 0. The molecule has 0 aliphatic carbocycles. The monoisotopic (exact) mass is 258 g/mol. The van der Waals surface area contributed by atoms with Crippen LogP contribution in [0.5, 0.6) is 11.5 Å². The Morgan fingerprint density at radius 3 is 2.37 bits per heavy atom. The summed E-state index contributed by atoms with van der Waals surface area (Å²) in [5.74, 6) is 1.77. The molecule has 0 fully saturated rings. The highest BCUT2D eigenvalue weighted by Gasteiger charge is 2.06. The SMILES string of the molecule is COc1ccc(OC)c(C[NH2+]Cc2ccccc2)c1. The van der Waals surface area contributed by atoms with E-state index in [-0.39, 0.29) is 0 Å². The first-order valence-corrected chi connectivity index (χ1v) is 6.40. The van der Waals surface area contributed by atoms with Crippen molar-refractivity contribution in [3.8, 4) is 11.5 Å². The number of rotatable bonds is 6. The zero-order valence-corrected chi connectivity index (χ0v) is 11.4. The zero-order chi connectivity index (χ0) is 13.5. The summed E-state index contributed by atoms with van der Waals surface area (Å²) in [5, 5.41) is 2.26. The maximum atomic E-state index is 5.37. The van der Waals surface area contributed by atoms with Gasteiger partial charge in [0.25, 0.3) is 0 Å². The van der Waals surface area contributed by atoms with Gasteiger partial charge in [-0.2, -0.15) is 0 Å². The third kappa shape index (κ3) is 3.73. The van der Waals surface area contributed by atoms with Crippen LogP contribution < -0.4 is 14.8 Å². The standard InChI is InChI=1S/C16H19NO2/c1-18-15-8-9-16(19-2)14(10-15)12-17-11-13-6-4-3-5-7-13/h3-10,17H,11-12H2,1-2H3/p+1. The molecule has 19 heavy (non-hydrogen) atoms. The van der Waals surface area contributed by atoms with Crippen LogP contribution in [0.1, 0.15) is 11.1 Å². The maximum absolute atomic E-state index is 5.37. The Labute approximate surface area is 114 Å². The third-order valence-electron chi connectivity index (χ3n) is 3.07. The summed E-state index contributed by atoms with van der Waals surface area (Å²) < 4.78 is 10.6. The minimum atomic E-state index is 0.865. The Balaban J connectivity index is 1.98. The fourth-order valence-corrected chi connectivity index (χ4v) is 2.05. The molecule has 0 atom stereocenters. The second kappa shape index (κ2) is 6.81. The molecule has 0 saturated carbocycles. The summed E-state index contributed by atoms with van der Waals surface area (Å²) >= 11 is 0. The molecular weight excluding hydrogens is 238 g/mol. The second-order valence-corrected chi connectivity index (χ2v) is 4.36.